The third kappa shape index (κ3) is 5.77. The monoisotopic (exact) mass is 299 g/mol. The number of aromatic nitrogens is 1. The summed E-state index contributed by atoms with van der Waals surface area (Å²) >= 11 is 1.83. The van der Waals surface area contributed by atoms with Gasteiger partial charge in [0, 0.05) is 38.7 Å². The van der Waals surface area contributed by atoms with Crippen molar-refractivity contribution >= 4 is 16.5 Å². The summed E-state index contributed by atoms with van der Waals surface area (Å²) in [6.07, 6.45) is 4.66. The van der Waals surface area contributed by atoms with Crippen LogP contribution in [0.3, 0.4) is 0 Å². The highest BCUT2D eigenvalue weighted by molar-refractivity contribution is 7.15. The quantitative estimate of drug-likeness (QED) is 0.637. The number of hydrogen-bond donors (Lipinski definition) is 1. The number of aryl methyl sites for hydroxylation is 1. The standard InChI is InChI=1S/C15H29N3OS/c1-5-7-10-18(3)15-17-13(8-6-2)14(20-15)12-16-9-11-19-4/h16H,5-12H2,1-4H3. The van der Waals surface area contributed by atoms with E-state index in [-0.39, 0.29) is 0 Å². The van der Waals surface area contributed by atoms with Crippen LogP contribution in [-0.4, -0.2) is 38.8 Å². The molecule has 0 aromatic carbocycles. The van der Waals surface area contributed by atoms with Gasteiger partial charge < -0.3 is 15.0 Å². The minimum Gasteiger partial charge on any atom is -0.383 e. The number of unbranched alkanes of at least 4 members (excludes halogenated alkanes) is 1. The molecule has 0 saturated carbocycles. The molecule has 0 amide bonds. The molecular weight excluding hydrogens is 270 g/mol. The molecule has 1 rings (SSSR count). The predicted octanol–water partition coefficient (Wildman–Crippen LogP) is 3.07. The van der Waals surface area contributed by atoms with Gasteiger partial charge in [0.2, 0.25) is 0 Å². The smallest absolute Gasteiger partial charge is 0.185 e. The van der Waals surface area contributed by atoms with Gasteiger partial charge in [-0.3, -0.25) is 0 Å². The first-order valence-corrected chi connectivity index (χ1v) is 8.43. The topological polar surface area (TPSA) is 37.4 Å². The maximum Gasteiger partial charge on any atom is 0.185 e. The van der Waals surface area contributed by atoms with Gasteiger partial charge >= 0.3 is 0 Å². The predicted molar refractivity (Wildman–Crippen MR) is 87.9 cm³/mol. The van der Waals surface area contributed by atoms with Crippen LogP contribution in [0.25, 0.3) is 0 Å². The molecule has 116 valence electrons. The highest BCUT2D eigenvalue weighted by Gasteiger charge is 2.13. The van der Waals surface area contributed by atoms with Crippen LogP contribution in [0, 0.1) is 0 Å². The maximum absolute atomic E-state index is 5.06. The van der Waals surface area contributed by atoms with E-state index < -0.39 is 0 Å². The summed E-state index contributed by atoms with van der Waals surface area (Å²) in [6, 6.07) is 0. The van der Waals surface area contributed by atoms with Crippen LogP contribution in [0.2, 0.25) is 0 Å². The average molecular weight is 299 g/mol. The first-order chi connectivity index (χ1) is 9.72. The Bertz CT molecular complexity index is 368. The molecule has 0 radical (unpaired) electrons. The van der Waals surface area contributed by atoms with Crippen LogP contribution in [0.5, 0.6) is 0 Å². The zero-order valence-electron chi connectivity index (χ0n) is 13.4. The highest BCUT2D eigenvalue weighted by atomic mass is 32.1. The summed E-state index contributed by atoms with van der Waals surface area (Å²) in [5.41, 5.74) is 1.26. The first kappa shape index (κ1) is 17.4. The molecule has 0 aliphatic carbocycles. The van der Waals surface area contributed by atoms with Crippen LogP contribution in [-0.2, 0) is 17.7 Å². The lowest BCUT2D eigenvalue weighted by Crippen LogP contribution is -2.18. The fourth-order valence-electron chi connectivity index (χ4n) is 1.97. The van der Waals surface area contributed by atoms with E-state index in [1.54, 1.807) is 7.11 Å². The first-order valence-electron chi connectivity index (χ1n) is 7.62. The van der Waals surface area contributed by atoms with Gasteiger partial charge in [0.05, 0.1) is 12.3 Å². The van der Waals surface area contributed by atoms with Gasteiger partial charge in [-0.05, 0) is 12.8 Å². The molecule has 0 aliphatic rings. The summed E-state index contributed by atoms with van der Waals surface area (Å²) < 4.78 is 5.06. The molecule has 20 heavy (non-hydrogen) atoms. The molecule has 0 atom stereocenters. The summed E-state index contributed by atoms with van der Waals surface area (Å²) in [7, 11) is 3.88. The summed E-state index contributed by atoms with van der Waals surface area (Å²) in [6.45, 7) is 8.07. The number of rotatable bonds is 11. The van der Waals surface area contributed by atoms with Gasteiger partial charge in [-0.15, -0.1) is 11.3 Å². The molecule has 0 bridgehead atoms. The van der Waals surface area contributed by atoms with Gasteiger partial charge in [-0.2, -0.15) is 0 Å². The van der Waals surface area contributed by atoms with E-state index in [4.69, 9.17) is 9.72 Å². The summed E-state index contributed by atoms with van der Waals surface area (Å²) in [5.74, 6) is 0. The second-order valence-corrected chi connectivity index (χ2v) is 6.12. The SMILES string of the molecule is CCCCN(C)c1nc(CCC)c(CNCCOC)s1. The molecule has 4 nitrogen and oxygen atoms in total. The van der Waals surface area contributed by atoms with Crippen molar-refractivity contribution in [1.29, 1.82) is 0 Å². The molecule has 0 aliphatic heterocycles. The Morgan fingerprint density at radius 2 is 2.10 bits per heavy atom. The van der Waals surface area contributed by atoms with Crippen molar-refractivity contribution in [2.45, 2.75) is 46.1 Å². The van der Waals surface area contributed by atoms with Gasteiger partial charge in [-0.1, -0.05) is 26.7 Å². The van der Waals surface area contributed by atoms with Crippen molar-refractivity contribution in [2.24, 2.45) is 0 Å². The number of ether oxygens (including phenoxy) is 1. The van der Waals surface area contributed by atoms with Crippen molar-refractivity contribution < 1.29 is 4.74 Å². The van der Waals surface area contributed by atoms with Crippen molar-refractivity contribution in [2.75, 3.05) is 38.8 Å². The third-order valence-corrected chi connectivity index (χ3v) is 4.41. The molecule has 1 heterocycles. The van der Waals surface area contributed by atoms with Crippen molar-refractivity contribution in [3.05, 3.63) is 10.6 Å². The number of methoxy groups -OCH3 is 1. The van der Waals surface area contributed by atoms with Crippen molar-refractivity contribution in [3.63, 3.8) is 0 Å². The zero-order chi connectivity index (χ0) is 14.8. The number of hydrogen-bond acceptors (Lipinski definition) is 5. The largest absolute Gasteiger partial charge is 0.383 e. The van der Waals surface area contributed by atoms with E-state index >= 15 is 0 Å². The van der Waals surface area contributed by atoms with E-state index in [2.05, 4.69) is 31.1 Å². The normalized spacial score (nSPS) is 11.0. The highest BCUT2D eigenvalue weighted by Crippen LogP contribution is 2.26. The molecule has 1 aromatic rings. The van der Waals surface area contributed by atoms with Gasteiger partial charge in [0.25, 0.3) is 0 Å². The fraction of sp³-hybridized carbons (Fsp3) is 0.800. The minimum absolute atomic E-state index is 0.755. The van der Waals surface area contributed by atoms with E-state index in [1.165, 1.54) is 23.4 Å². The maximum atomic E-state index is 5.06. The van der Waals surface area contributed by atoms with Crippen LogP contribution in [0.15, 0.2) is 0 Å². The van der Waals surface area contributed by atoms with Gasteiger partial charge in [-0.25, -0.2) is 4.98 Å². The Kier molecular flexibility index (Phi) is 8.82. The van der Waals surface area contributed by atoms with E-state index in [0.717, 1.165) is 44.2 Å². The van der Waals surface area contributed by atoms with Crippen molar-refractivity contribution in [3.8, 4) is 0 Å². The second-order valence-electron chi connectivity index (χ2n) is 5.06. The molecule has 0 fully saturated rings. The van der Waals surface area contributed by atoms with E-state index in [0.29, 0.717) is 0 Å². The Balaban J connectivity index is 2.63. The Morgan fingerprint density at radius 3 is 2.75 bits per heavy atom. The lowest BCUT2D eigenvalue weighted by atomic mass is 10.2. The van der Waals surface area contributed by atoms with Gasteiger partial charge in [0.15, 0.2) is 5.13 Å². The number of nitrogens with one attached hydrogen (secondary N) is 1. The Morgan fingerprint density at radius 1 is 1.30 bits per heavy atom. The summed E-state index contributed by atoms with van der Waals surface area (Å²) in [4.78, 5) is 8.48. The Labute approximate surface area is 127 Å². The number of nitrogens with zero attached hydrogens (tertiary/aromatic N) is 2. The number of thiazole rings is 1. The third-order valence-electron chi connectivity index (χ3n) is 3.20. The van der Waals surface area contributed by atoms with Crippen molar-refractivity contribution in [1.82, 2.24) is 10.3 Å². The molecule has 0 spiro atoms. The van der Waals surface area contributed by atoms with E-state index in [9.17, 15) is 0 Å². The Hall–Kier alpha value is -0.650. The molecule has 0 saturated heterocycles. The molecular formula is C15H29N3OS. The van der Waals surface area contributed by atoms with Crippen LogP contribution < -0.4 is 10.2 Å². The van der Waals surface area contributed by atoms with E-state index in [1.807, 2.05) is 11.3 Å². The van der Waals surface area contributed by atoms with Gasteiger partial charge in [0.1, 0.15) is 0 Å². The molecule has 1 N–H and O–H groups in total. The lowest BCUT2D eigenvalue weighted by molar-refractivity contribution is 0.199. The molecule has 0 unspecified atom stereocenters. The average Bonchev–Trinajstić information content (AvgIpc) is 2.85. The molecule has 1 aromatic heterocycles. The zero-order valence-corrected chi connectivity index (χ0v) is 14.2. The minimum atomic E-state index is 0.755. The molecule has 5 heteroatoms. The van der Waals surface area contributed by atoms with Crippen LogP contribution in [0.4, 0.5) is 5.13 Å². The van der Waals surface area contributed by atoms with Crippen LogP contribution >= 0.6 is 11.3 Å². The fourth-order valence-corrected chi connectivity index (χ4v) is 3.03. The number of anilines is 1. The van der Waals surface area contributed by atoms with Crippen LogP contribution in [0.1, 0.15) is 43.7 Å². The summed E-state index contributed by atoms with van der Waals surface area (Å²) in [5, 5.41) is 4.58. The second kappa shape index (κ2) is 10.1. The lowest BCUT2D eigenvalue weighted by Gasteiger charge is -2.14.